The fraction of sp³-hybridized carbons (Fsp3) is 0.333. The second-order valence-corrected chi connectivity index (χ2v) is 2.13. The molecular formula is C9H12O. The molecule has 10 heavy (non-hydrogen) atoms. The molecule has 1 heteroatoms. The summed E-state index contributed by atoms with van der Waals surface area (Å²) in [5, 5.41) is 8.58. The Hall–Kier alpha value is -0.820. The van der Waals surface area contributed by atoms with Crippen LogP contribution in [0.25, 0.3) is 0 Å². The molecule has 0 radical (unpaired) electrons. The molecule has 0 saturated heterocycles. The minimum Gasteiger partial charge on any atom is -0.396 e. The van der Waals surface area contributed by atoms with E-state index in [2.05, 4.69) is 0 Å². The van der Waals surface area contributed by atoms with Crippen LogP contribution in [0.15, 0.2) is 30.3 Å². The third kappa shape index (κ3) is 2.19. The van der Waals surface area contributed by atoms with Crippen molar-refractivity contribution < 1.29 is 6.48 Å². The zero-order valence-corrected chi connectivity index (χ0v) is 5.83. The predicted molar refractivity (Wildman–Crippen MR) is 41.8 cm³/mol. The van der Waals surface area contributed by atoms with Crippen molar-refractivity contribution in [2.45, 2.75) is 12.8 Å². The van der Waals surface area contributed by atoms with E-state index >= 15 is 0 Å². The Labute approximate surface area is 62.7 Å². The number of aryl methyl sites for hydroxylation is 1. The molecule has 54 valence electrons. The van der Waals surface area contributed by atoms with Crippen LogP contribution in [0.1, 0.15) is 13.4 Å². The van der Waals surface area contributed by atoms with Crippen molar-refractivity contribution in [1.29, 1.82) is 0 Å². The smallest absolute Gasteiger partial charge is 0.0434 e. The van der Waals surface area contributed by atoms with E-state index in [1.54, 1.807) is 0 Å². The van der Waals surface area contributed by atoms with Crippen LogP contribution in [0.5, 0.6) is 0 Å². The average Bonchev–Trinajstić information content (AvgIpc) is 2.07. The van der Waals surface area contributed by atoms with Gasteiger partial charge >= 0.3 is 0 Å². The number of hydrogen-bond donors (Lipinski definition) is 1. The average molecular weight is 137 g/mol. The van der Waals surface area contributed by atoms with Gasteiger partial charge in [0.25, 0.3) is 0 Å². The van der Waals surface area contributed by atoms with Crippen molar-refractivity contribution in [3.05, 3.63) is 35.9 Å². The second-order valence-electron chi connectivity index (χ2n) is 2.13. The van der Waals surface area contributed by atoms with Crippen LogP contribution in [0.4, 0.5) is 0 Å². The summed E-state index contributed by atoms with van der Waals surface area (Å²) in [4.78, 5) is 0. The molecule has 0 aliphatic rings. The van der Waals surface area contributed by atoms with Crippen molar-refractivity contribution >= 4 is 0 Å². The molecule has 1 rings (SSSR count). The van der Waals surface area contributed by atoms with Crippen LogP contribution < -0.4 is 0 Å². The third-order valence-electron chi connectivity index (χ3n) is 1.31. The number of rotatable bonds is 3. The van der Waals surface area contributed by atoms with E-state index in [9.17, 15) is 0 Å². The SMILES string of the molecule is [2H]C(CCO)c1ccccc1. The first kappa shape index (κ1) is 5.93. The maximum Gasteiger partial charge on any atom is 0.0434 e. The first-order valence-electron chi connectivity index (χ1n) is 4.00. The lowest BCUT2D eigenvalue weighted by Gasteiger charge is -1.96. The van der Waals surface area contributed by atoms with Crippen molar-refractivity contribution in [3.8, 4) is 0 Å². The largest absolute Gasteiger partial charge is 0.396 e. The molecule has 0 aromatic heterocycles. The van der Waals surface area contributed by atoms with E-state index in [4.69, 9.17) is 6.48 Å². The Morgan fingerprint density at radius 1 is 1.30 bits per heavy atom. The van der Waals surface area contributed by atoms with Gasteiger partial charge in [0.05, 0.1) is 0 Å². The molecule has 0 bridgehead atoms. The van der Waals surface area contributed by atoms with Gasteiger partial charge in [0.15, 0.2) is 0 Å². The molecule has 1 aromatic carbocycles. The minimum absolute atomic E-state index is 0.0864. The zero-order chi connectivity index (χ0) is 8.10. The standard InChI is InChI=1S/C9H12O/c10-8-4-7-9-5-2-1-3-6-9/h1-3,5-6,10H,4,7-8H2/i7D. The molecule has 0 aliphatic heterocycles. The summed E-state index contributed by atoms with van der Waals surface area (Å²) in [6.07, 6.45) is 0.241. The van der Waals surface area contributed by atoms with Gasteiger partial charge in [0.1, 0.15) is 0 Å². The summed E-state index contributed by atoms with van der Waals surface area (Å²) >= 11 is 0. The number of benzene rings is 1. The Kier molecular flexibility index (Phi) is 2.41. The van der Waals surface area contributed by atoms with E-state index in [1.807, 2.05) is 30.3 Å². The Morgan fingerprint density at radius 3 is 2.60 bits per heavy atom. The molecule has 0 saturated carbocycles. The van der Waals surface area contributed by atoms with Gasteiger partial charge in [-0.3, -0.25) is 0 Å². The van der Waals surface area contributed by atoms with E-state index < -0.39 is 0 Å². The van der Waals surface area contributed by atoms with E-state index in [0.29, 0.717) is 6.42 Å². The number of aliphatic hydroxyl groups excluding tert-OH is 1. The Balaban J connectivity index is 2.61. The van der Waals surface area contributed by atoms with Crippen LogP contribution in [0.3, 0.4) is 0 Å². The van der Waals surface area contributed by atoms with E-state index in [-0.39, 0.29) is 13.0 Å². The van der Waals surface area contributed by atoms with Crippen LogP contribution in [0, 0.1) is 0 Å². The lowest BCUT2D eigenvalue weighted by Crippen LogP contribution is -1.87. The van der Waals surface area contributed by atoms with Crippen molar-refractivity contribution in [3.63, 3.8) is 0 Å². The normalized spacial score (nSPS) is 14.3. The first-order valence-corrected chi connectivity index (χ1v) is 3.42. The molecule has 0 fully saturated rings. The van der Waals surface area contributed by atoms with Gasteiger partial charge < -0.3 is 5.11 Å². The summed E-state index contributed by atoms with van der Waals surface area (Å²) in [5.41, 5.74) is 0.974. The highest BCUT2D eigenvalue weighted by Crippen LogP contribution is 2.00. The molecule has 1 atom stereocenters. The fourth-order valence-electron chi connectivity index (χ4n) is 0.820. The Morgan fingerprint density at radius 2 is 2.00 bits per heavy atom. The molecular weight excluding hydrogens is 124 g/mol. The molecule has 0 amide bonds. The lowest BCUT2D eigenvalue weighted by atomic mass is 10.1. The van der Waals surface area contributed by atoms with Gasteiger partial charge in [-0.25, -0.2) is 0 Å². The number of hydrogen-bond acceptors (Lipinski definition) is 1. The molecule has 0 heterocycles. The van der Waals surface area contributed by atoms with Crippen molar-refractivity contribution in [2.24, 2.45) is 0 Å². The molecule has 1 N–H and O–H groups in total. The highest BCUT2D eigenvalue weighted by atomic mass is 16.2. The van der Waals surface area contributed by atoms with Crippen molar-refractivity contribution in [2.75, 3.05) is 6.61 Å². The highest BCUT2D eigenvalue weighted by molar-refractivity contribution is 5.14. The lowest BCUT2D eigenvalue weighted by molar-refractivity contribution is 0.288. The van der Waals surface area contributed by atoms with Gasteiger partial charge in [0.2, 0.25) is 0 Å². The maximum atomic E-state index is 8.58. The van der Waals surface area contributed by atoms with Gasteiger partial charge in [-0.15, -0.1) is 0 Å². The van der Waals surface area contributed by atoms with Gasteiger partial charge in [-0.05, 0) is 18.4 Å². The van der Waals surface area contributed by atoms with E-state index in [1.165, 1.54) is 0 Å². The maximum absolute atomic E-state index is 8.58. The summed E-state index contributed by atoms with van der Waals surface area (Å²) in [7, 11) is 0. The van der Waals surface area contributed by atoms with Gasteiger partial charge in [-0.1, -0.05) is 30.3 Å². The predicted octanol–water partition coefficient (Wildman–Crippen LogP) is 1.61. The summed E-state index contributed by atoms with van der Waals surface area (Å²) < 4.78 is 7.55. The summed E-state index contributed by atoms with van der Waals surface area (Å²) in [5.74, 6) is 0. The third-order valence-corrected chi connectivity index (χ3v) is 1.31. The molecule has 1 nitrogen and oxygen atoms in total. The monoisotopic (exact) mass is 137 g/mol. The summed E-state index contributed by atoms with van der Waals surface area (Å²) in [6.45, 7) is 0.0864. The fourth-order valence-corrected chi connectivity index (χ4v) is 0.820. The van der Waals surface area contributed by atoms with Crippen LogP contribution in [0.2, 0.25) is 0 Å². The second kappa shape index (κ2) is 4.07. The number of aliphatic hydroxyl groups is 1. The molecule has 0 spiro atoms. The van der Waals surface area contributed by atoms with Crippen LogP contribution in [-0.4, -0.2) is 11.7 Å². The molecule has 1 unspecified atom stereocenters. The minimum atomic E-state index is -0.277. The molecule has 1 aromatic rings. The van der Waals surface area contributed by atoms with Crippen LogP contribution >= 0.6 is 0 Å². The van der Waals surface area contributed by atoms with Crippen LogP contribution in [-0.2, 0) is 6.40 Å². The van der Waals surface area contributed by atoms with Gasteiger partial charge in [0, 0.05) is 7.98 Å². The molecule has 0 aliphatic carbocycles. The zero-order valence-electron chi connectivity index (χ0n) is 6.83. The highest BCUT2D eigenvalue weighted by Gasteiger charge is 1.87. The van der Waals surface area contributed by atoms with Gasteiger partial charge in [-0.2, -0.15) is 0 Å². The topological polar surface area (TPSA) is 20.2 Å². The quantitative estimate of drug-likeness (QED) is 0.671. The van der Waals surface area contributed by atoms with Crippen molar-refractivity contribution in [1.82, 2.24) is 0 Å². The van der Waals surface area contributed by atoms with E-state index in [0.717, 1.165) is 5.56 Å². The summed E-state index contributed by atoms with van der Waals surface area (Å²) in [6, 6.07) is 9.57. The first-order chi connectivity index (χ1) is 5.34. The Bertz CT molecular complexity index is 198.